The van der Waals surface area contributed by atoms with Crippen LogP contribution in [0.25, 0.3) is 0 Å². The van der Waals surface area contributed by atoms with Crippen LogP contribution >= 0.6 is 0 Å². The molecule has 0 saturated carbocycles. The molecular formula is C19H30N4. The van der Waals surface area contributed by atoms with Crippen LogP contribution in [-0.2, 0) is 6.42 Å². The van der Waals surface area contributed by atoms with E-state index in [-0.39, 0.29) is 0 Å². The van der Waals surface area contributed by atoms with Crippen molar-refractivity contribution >= 4 is 5.95 Å². The van der Waals surface area contributed by atoms with Gasteiger partial charge < -0.3 is 4.90 Å². The Morgan fingerprint density at radius 3 is 2.04 bits per heavy atom. The van der Waals surface area contributed by atoms with Crippen LogP contribution in [0.2, 0.25) is 0 Å². The molecule has 0 N–H and O–H groups in total. The lowest BCUT2D eigenvalue weighted by molar-refractivity contribution is 0.553. The van der Waals surface area contributed by atoms with E-state index < -0.39 is 0 Å². The summed E-state index contributed by atoms with van der Waals surface area (Å²) in [6, 6.07) is 11.1. The van der Waals surface area contributed by atoms with Gasteiger partial charge in [-0.25, -0.2) is 4.98 Å². The molecule has 0 aliphatic heterocycles. The van der Waals surface area contributed by atoms with Crippen LogP contribution in [0.1, 0.15) is 50.8 Å². The minimum Gasteiger partial charge on any atom is -0.341 e. The predicted octanol–water partition coefficient (Wildman–Crippen LogP) is 4.36. The van der Waals surface area contributed by atoms with Crippen molar-refractivity contribution < 1.29 is 0 Å². The molecule has 0 aliphatic rings. The second-order valence-electron chi connectivity index (χ2n) is 5.43. The Kier molecular flexibility index (Phi) is 8.23. The molecule has 0 radical (unpaired) electrons. The third-order valence-corrected chi connectivity index (χ3v) is 3.79. The average Bonchev–Trinajstić information content (AvgIpc) is 2.57. The smallest absolute Gasteiger partial charge is 0.228 e. The van der Waals surface area contributed by atoms with E-state index in [1.54, 1.807) is 0 Å². The van der Waals surface area contributed by atoms with Gasteiger partial charge in [-0.3, -0.25) is 0 Å². The van der Waals surface area contributed by atoms with Gasteiger partial charge in [0.1, 0.15) is 11.6 Å². The Morgan fingerprint density at radius 1 is 0.957 bits per heavy atom. The van der Waals surface area contributed by atoms with Crippen LogP contribution in [0, 0.1) is 13.8 Å². The van der Waals surface area contributed by atoms with Crippen molar-refractivity contribution in [2.75, 3.05) is 11.9 Å². The van der Waals surface area contributed by atoms with Crippen molar-refractivity contribution in [3.05, 3.63) is 47.5 Å². The minimum atomic E-state index is 0.436. The maximum absolute atomic E-state index is 4.46. The molecule has 2 rings (SSSR count). The molecule has 1 aromatic carbocycles. The average molecular weight is 314 g/mol. The van der Waals surface area contributed by atoms with Gasteiger partial charge in [0.2, 0.25) is 5.95 Å². The van der Waals surface area contributed by atoms with Gasteiger partial charge in [-0.1, -0.05) is 51.1 Å². The van der Waals surface area contributed by atoms with Crippen LogP contribution in [0.3, 0.4) is 0 Å². The van der Waals surface area contributed by atoms with E-state index in [1.807, 2.05) is 27.7 Å². The lowest BCUT2D eigenvalue weighted by Gasteiger charge is -2.27. The summed E-state index contributed by atoms with van der Waals surface area (Å²) in [6.07, 6.45) is 3.25. The van der Waals surface area contributed by atoms with Gasteiger partial charge >= 0.3 is 0 Å². The van der Waals surface area contributed by atoms with Crippen LogP contribution < -0.4 is 4.90 Å². The molecular weight excluding hydrogens is 284 g/mol. The SMILES string of the molecule is CC.CCC(CCc1ccccc1)N(C)c1nc(C)nc(C)n1. The number of aryl methyl sites for hydroxylation is 3. The van der Waals surface area contributed by atoms with E-state index in [9.17, 15) is 0 Å². The summed E-state index contributed by atoms with van der Waals surface area (Å²) >= 11 is 0. The number of aromatic nitrogens is 3. The minimum absolute atomic E-state index is 0.436. The van der Waals surface area contributed by atoms with E-state index in [2.05, 4.69) is 64.2 Å². The molecule has 4 nitrogen and oxygen atoms in total. The monoisotopic (exact) mass is 314 g/mol. The zero-order valence-corrected chi connectivity index (χ0v) is 15.4. The molecule has 1 aromatic heterocycles. The summed E-state index contributed by atoms with van der Waals surface area (Å²) in [5.41, 5.74) is 1.38. The number of rotatable bonds is 6. The van der Waals surface area contributed by atoms with Gasteiger partial charge in [-0.05, 0) is 38.7 Å². The molecule has 1 atom stereocenters. The fourth-order valence-electron chi connectivity index (χ4n) is 2.57. The quantitative estimate of drug-likeness (QED) is 0.794. The Balaban J connectivity index is 0.00000127. The maximum Gasteiger partial charge on any atom is 0.228 e. The third-order valence-electron chi connectivity index (χ3n) is 3.79. The van der Waals surface area contributed by atoms with Gasteiger partial charge in [0.25, 0.3) is 0 Å². The number of nitrogens with zero attached hydrogens (tertiary/aromatic N) is 4. The molecule has 0 amide bonds. The molecule has 0 bridgehead atoms. The first kappa shape index (κ1) is 19.1. The molecule has 0 fully saturated rings. The van der Waals surface area contributed by atoms with Crippen LogP contribution in [-0.4, -0.2) is 28.0 Å². The molecule has 0 saturated heterocycles. The first-order valence-electron chi connectivity index (χ1n) is 8.56. The van der Waals surface area contributed by atoms with Gasteiger partial charge in [-0.15, -0.1) is 0 Å². The normalized spacial score (nSPS) is 11.4. The highest BCUT2D eigenvalue weighted by Crippen LogP contribution is 2.16. The Hall–Kier alpha value is -1.97. The summed E-state index contributed by atoms with van der Waals surface area (Å²) in [5.74, 6) is 2.34. The van der Waals surface area contributed by atoms with Gasteiger partial charge in [0, 0.05) is 13.1 Å². The molecule has 126 valence electrons. The zero-order valence-electron chi connectivity index (χ0n) is 15.4. The van der Waals surface area contributed by atoms with Gasteiger partial charge in [-0.2, -0.15) is 9.97 Å². The fourth-order valence-corrected chi connectivity index (χ4v) is 2.57. The third kappa shape index (κ3) is 5.97. The van der Waals surface area contributed by atoms with Crippen molar-refractivity contribution in [1.29, 1.82) is 0 Å². The van der Waals surface area contributed by atoms with Gasteiger partial charge in [0.15, 0.2) is 0 Å². The molecule has 1 heterocycles. The molecule has 0 spiro atoms. The maximum atomic E-state index is 4.46. The van der Waals surface area contributed by atoms with E-state index in [0.717, 1.165) is 36.9 Å². The van der Waals surface area contributed by atoms with Crippen molar-refractivity contribution in [3.63, 3.8) is 0 Å². The van der Waals surface area contributed by atoms with Crippen molar-refractivity contribution in [2.24, 2.45) is 0 Å². The first-order valence-corrected chi connectivity index (χ1v) is 8.56. The topological polar surface area (TPSA) is 41.9 Å². The largest absolute Gasteiger partial charge is 0.341 e. The Labute approximate surface area is 141 Å². The first-order chi connectivity index (χ1) is 11.1. The van der Waals surface area contributed by atoms with E-state index in [1.165, 1.54) is 5.56 Å². The summed E-state index contributed by atoms with van der Waals surface area (Å²) in [5, 5.41) is 0. The zero-order chi connectivity index (χ0) is 17.2. The van der Waals surface area contributed by atoms with Crippen LogP contribution in [0.4, 0.5) is 5.95 Å². The predicted molar refractivity (Wildman–Crippen MR) is 97.9 cm³/mol. The number of benzene rings is 1. The highest BCUT2D eigenvalue weighted by Gasteiger charge is 2.16. The summed E-state index contributed by atoms with van der Waals surface area (Å²) in [4.78, 5) is 15.4. The van der Waals surface area contributed by atoms with Crippen molar-refractivity contribution in [1.82, 2.24) is 15.0 Å². The number of hydrogen-bond acceptors (Lipinski definition) is 4. The van der Waals surface area contributed by atoms with Crippen molar-refractivity contribution in [3.8, 4) is 0 Å². The standard InChI is InChI=1S/C17H24N4.C2H6/c1-5-16(12-11-15-9-7-6-8-10-15)21(4)17-19-13(2)18-14(3)20-17;1-2/h6-10,16H,5,11-12H2,1-4H3;1-2H3. The van der Waals surface area contributed by atoms with Crippen LogP contribution in [0.15, 0.2) is 30.3 Å². The summed E-state index contributed by atoms with van der Waals surface area (Å²) in [6.45, 7) is 10.0. The lowest BCUT2D eigenvalue weighted by Crippen LogP contribution is -2.33. The van der Waals surface area contributed by atoms with Gasteiger partial charge in [0.05, 0.1) is 0 Å². The van der Waals surface area contributed by atoms with Crippen LogP contribution in [0.5, 0.6) is 0 Å². The molecule has 1 unspecified atom stereocenters. The fraction of sp³-hybridized carbons (Fsp3) is 0.526. The lowest BCUT2D eigenvalue weighted by atomic mass is 10.0. The Morgan fingerprint density at radius 2 is 1.52 bits per heavy atom. The molecule has 2 aromatic rings. The Bertz CT molecular complexity index is 549. The molecule has 0 aliphatic carbocycles. The number of hydrogen-bond donors (Lipinski definition) is 0. The summed E-state index contributed by atoms with van der Waals surface area (Å²) < 4.78 is 0. The number of anilines is 1. The highest BCUT2D eigenvalue weighted by atomic mass is 15.3. The highest BCUT2D eigenvalue weighted by molar-refractivity contribution is 5.30. The second kappa shape index (κ2) is 9.93. The van der Waals surface area contributed by atoms with Crippen molar-refractivity contribution in [2.45, 2.75) is 59.9 Å². The van der Waals surface area contributed by atoms with E-state index in [0.29, 0.717) is 6.04 Å². The molecule has 4 heteroatoms. The molecule has 23 heavy (non-hydrogen) atoms. The second-order valence-corrected chi connectivity index (χ2v) is 5.43. The van der Waals surface area contributed by atoms with E-state index >= 15 is 0 Å². The van der Waals surface area contributed by atoms with E-state index in [4.69, 9.17) is 0 Å². The summed E-state index contributed by atoms with van der Waals surface area (Å²) in [7, 11) is 2.08.